The molecule has 21 heavy (non-hydrogen) atoms. The van der Waals surface area contributed by atoms with Gasteiger partial charge in [-0.2, -0.15) is 0 Å². The number of ether oxygens (including phenoxy) is 2. The highest BCUT2D eigenvalue weighted by Gasteiger charge is 2.39. The maximum absolute atomic E-state index is 13.1. The Balaban J connectivity index is 1.53. The van der Waals surface area contributed by atoms with Crippen molar-refractivity contribution in [2.75, 3.05) is 32.9 Å². The van der Waals surface area contributed by atoms with Gasteiger partial charge in [0.25, 0.3) is 0 Å². The summed E-state index contributed by atoms with van der Waals surface area (Å²) in [5.74, 6) is 0.141. The van der Waals surface area contributed by atoms with Crippen LogP contribution in [0.3, 0.4) is 0 Å². The highest BCUT2D eigenvalue weighted by atomic mass is 19.1. The summed E-state index contributed by atoms with van der Waals surface area (Å²) in [6.07, 6.45) is 2.75. The first-order chi connectivity index (χ1) is 10.1. The zero-order valence-corrected chi connectivity index (χ0v) is 12.1. The third-order valence-corrected chi connectivity index (χ3v) is 4.37. The van der Waals surface area contributed by atoms with Gasteiger partial charge in [-0.15, -0.1) is 0 Å². The van der Waals surface area contributed by atoms with Crippen LogP contribution in [0, 0.1) is 5.82 Å². The number of aliphatic hydroxyl groups is 1. The normalized spacial score (nSPS) is 27.9. The summed E-state index contributed by atoms with van der Waals surface area (Å²) in [6.45, 7) is 3.32. The first-order valence-corrected chi connectivity index (χ1v) is 7.57. The number of β-amino-alcohol motifs (C(OH)–C–C–N with tert-alkyl or cyclic N) is 1. The molecule has 0 bridgehead atoms. The van der Waals surface area contributed by atoms with E-state index in [9.17, 15) is 9.50 Å². The molecule has 0 amide bonds. The van der Waals surface area contributed by atoms with Crippen LogP contribution >= 0.6 is 0 Å². The summed E-state index contributed by atoms with van der Waals surface area (Å²) in [5, 5.41) is 10.6. The maximum Gasteiger partial charge on any atom is 0.126 e. The Bertz CT molecular complexity index is 478. The second-order valence-corrected chi connectivity index (χ2v) is 6.03. The van der Waals surface area contributed by atoms with Gasteiger partial charge in [0.1, 0.15) is 23.8 Å². The summed E-state index contributed by atoms with van der Waals surface area (Å²) in [4.78, 5) is 2.33. The average molecular weight is 295 g/mol. The number of rotatable bonds is 4. The van der Waals surface area contributed by atoms with E-state index in [0.717, 1.165) is 32.6 Å². The van der Waals surface area contributed by atoms with Gasteiger partial charge < -0.3 is 14.6 Å². The molecule has 5 heteroatoms. The Hall–Kier alpha value is -1.17. The first-order valence-electron chi connectivity index (χ1n) is 7.57. The van der Waals surface area contributed by atoms with Crippen molar-refractivity contribution in [1.82, 2.24) is 4.90 Å². The average Bonchev–Trinajstić information content (AvgIpc) is 2.89. The molecule has 1 atom stereocenters. The smallest absolute Gasteiger partial charge is 0.126 e. The van der Waals surface area contributed by atoms with Crippen LogP contribution in [0.15, 0.2) is 24.3 Å². The lowest BCUT2D eigenvalue weighted by Gasteiger charge is -2.32. The van der Waals surface area contributed by atoms with Crippen LogP contribution in [0.25, 0.3) is 0 Å². The Labute approximate surface area is 124 Å². The molecule has 2 aliphatic heterocycles. The van der Waals surface area contributed by atoms with Crippen molar-refractivity contribution in [3.8, 4) is 5.75 Å². The van der Waals surface area contributed by atoms with E-state index in [1.54, 1.807) is 12.1 Å². The number of halogens is 1. The van der Waals surface area contributed by atoms with Gasteiger partial charge in [-0.05, 0) is 31.4 Å². The van der Waals surface area contributed by atoms with Gasteiger partial charge in [0.15, 0.2) is 0 Å². The van der Waals surface area contributed by atoms with Crippen LogP contribution in [0.4, 0.5) is 4.39 Å². The Kier molecular flexibility index (Phi) is 4.42. The monoisotopic (exact) mass is 295 g/mol. The van der Waals surface area contributed by atoms with E-state index in [1.165, 1.54) is 12.1 Å². The highest BCUT2D eigenvalue weighted by Crippen LogP contribution is 2.27. The van der Waals surface area contributed by atoms with Crippen LogP contribution in [0.5, 0.6) is 5.75 Å². The molecule has 1 aromatic carbocycles. The minimum absolute atomic E-state index is 0.205. The van der Waals surface area contributed by atoms with Gasteiger partial charge >= 0.3 is 0 Å². The number of nitrogens with zero attached hydrogens (tertiary/aromatic N) is 1. The van der Waals surface area contributed by atoms with Crippen molar-refractivity contribution < 1.29 is 19.0 Å². The predicted molar refractivity (Wildman–Crippen MR) is 76.9 cm³/mol. The van der Waals surface area contributed by atoms with Crippen molar-refractivity contribution in [3.05, 3.63) is 30.1 Å². The van der Waals surface area contributed by atoms with E-state index in [0.29, 0.717) is 24.8 Å². The molecule has 1 N–H and O–H groups in total. The van der Waals surface area contributed by atoms with E-state index < -0.39 is 5.60 Å². The molecule has 0 aromatic heterocycles. The maximum atomic E-state index is 13.1. The topological polar surface area (TPSA) is 41.9 Å². The highest BCUT2D eigenvalue weighted by molar-refractivity contribution is 5.22. The van der Waals surface area contributed by atoms with E-state index >= 15 is 0 Å². The van der Waals surface area contributed by atoms with Crippen LogP contribution in [0.1, 0.15) is 19.3 Å². The number of benzene rings is 1. The molecule has 0 saturated carbocycles. The largest absolute Gasteiger partial charge is 0.490 e. The molecule has 1 aromatic rings. The van der Waals surface area contributed by atoms with Crippen LogP contribution in [-0.2, 0) is 4.74 Å². The lowest BCUT2D eigenvalue weighted by molar-refractivity contribution is -0.0100. The second-order valence-electron chi connectivity index (χ2n) is 6.03. The molecule has 2 aliphatic rings. The molecule has 4 nitrogen and oxygen atoms in total. The molecule has 0 spiro atoms. The lowest BCUT2D eigenvalue weighted by atomic mass is 10.0. The first kappa shape index (κ1) is 14.8. The number of hydrogen-bond donors (Lipinski definition) is 1. The molecule has 2 heterocycles. The number of hydrogen-bond acceptors (Lipinski definition) is 4. The third kappa shape index (κ3) is 3.73. The summed E-state index contributed by atoms with van der Waals surface area (Å²) in [6, 6.07) is 6.54. The zero-order chi connectivity index (χ0) is 14.7. The molecule has 0 radical (unpaired) electrons. The van der Waals surface area contributed by atoms with Crippen molar-refractivity contribution in [2.24, 2.45) is 0 Å². The van der Waals surface area contributed by atoms with E-state index in [2.05, 4.69) is 4.90 Å². The van der Waals surface area contributed by atoms with Gasteiger partial charge in [0.05, 0.1) is 0 Å². The lowest BCUT2D eigenvalue weighted by Crippen LogP contribution is -2.43. The molecular formula is C16H22FNO3. The molecule has 3 rings (SSSR count). The van der Waals surface area contributed by atoms with E-state index in [-0.39, 0.29) is 12.4 Å². The van der Waals surface area contributed by atoms with E-state index in [1.807, 2.05) is 0 Å². The minimum atomic E-state index is -0.843. The molecule has 0 aliphatic carbocycles. The zero-order valence-electron chi connectivity index (χ0n) is 12.1. The molecule has 2 fully saturated rings. The van der Waals surface area contributed by atoms with Gasteiger partial charge in [-0.1, -0.05) is 6.07 Å². The van der Waals surface area contributed by atoms with E-state index in [4.69, 9.17) is 9.47 Å². The standard InChI is InChI=1S/C16H22FNO3/c17-13-2-1-3-15(10-13)21-12-16(19)6-7-18(11-16)14-4-8-20-9-5-14/h1-3,10,14,19H,4-9,11-12H2. The fourth-order valence-corrected chi connectivity index (χ4v) is 3.14. The molecule has 116 valence electrons. The van der Waals surface area contributed by atoms with Crippen molar-refractivity contribution in [3.63, 3.8) is 0 Å². The van der Waals surface area contributed by atoms with Gasteiger partial charge in [-0.25, -0.2) is 4.39 Å². The summed E-state index contributed by atoms with van der Waals surface area (Å²) >= 11 is 0. The van der Waals surface area contributed by atoms with Crippen molar-refractivity contribution in [2.45, 2.75) is 30.9 Å². The molecular weight excluding hydrogens is 273 g/mol. The second kappa shape index (κ2) is 6.30. The molecule has 2 saturated heterocycles. The van der Waals surface area contributed by atoms with Gasteiger partial charge in [-0.3, -0.25) is 4.90 Å². The Morgan fingerprint density at radius 2 is 2.19 bits per heavy atom. The van der Waals surface area contributed by atoms with Gasteiger partial charge in [0.2, 0.25) is 0 Å². The predicted octanol–water partition coefficient (Wildman–Crippen LogP) is 1.82. The fraction of sp³-hybridized carbons (Fsp3) is 0.625. The van der Waals surface area contributed by atoms with Gasteiger partial charge in [0, 0.05) is 38.4 Å². The minimum Gasteiger partial charge on any atom is -0.490 e. The Morgan fingerprint density at radius 1 is 1.38 bits per heavy atom. The van der Waals surface area contributed by atoms with Crippen molar-refractivity contribution in [1.29, 1.82) is 0 Å². The summed E-state index contributed by atoms with van der Waals surface area (Å²) in [5.41, 5.74) is -0.843. The summed E-state index contributed by atoms with van der Waals surface area (Å²) in [7, 11) is 0. The quantitative estimate of drug-likeness (QED) is 0.920. The Morgan fingerprint density at radius 3 is 2.95 bits per heavy atom. The third-order valence-electron chi connectivity index (χ3n) is 4.37. The van der Waals surface area contributed by atoms with Crippen LogP contribution in [-0.4, -0.2) is 54.6 Å². The molecule has 1 unspecified atom stereocenters. The van der Waals surface area contributed by atoms with Crippen LogP contribution in [0.2, 0.25) is 0 Å². The summed E-state index contributed by atoms with van der Waals surface area (Å²) < 4.78 is 24.1. The SMILES string of the molecule is OC1(COc2cccc(F)c2)CCN(C2CCOCC2)C1. The number of likely N-dealkylation sites (tertiary alicyclic amines) is 1. The van der Waals surface area contributed by atoms with Crippen LogP contribution < -0.4 is 4.74 Å². The fourth-order valence-electron chi connectivity index (χ4n) is 3.14. The van der Waals surface area contributed by atoms with Crippen molar-refractivity contribution >= 4 is 0 Å².